The molecule has 0 amide bonds. The Morgan fingerprint density at radius 3 is 1.85 bits per heavy atom. The maximum atomic E-state index is 10.9. The van der Waals surface area contributed by atoms with E-state index in [0.717, 1.165) is 57.7 Å². The molecule has 1 aromatic rings. The number of hydrogen-bond acceptors (Lipinski definition) is 6. The summed E-state index contributed by atoms with van der Waals surface area (Å²) in [7, 11) is 0. The Morgan fingerprint density at radius 2 is 1.44 bits per heavy atom. The second-order valence-electron chi connectivity index (χ2n) is 6.71. The van der Waals surface area contributed by atoms with Crippen LogP contribution in [0.4, 0.5) is 5.69 Å². The van der Waals surface area contributed by atoms with Gasteiger partial charge >= 0.3 is 0 Å². The lowest BCUT2D eigenvalue weighted by atomic mass is 10.00. The molecule has 1 aromatic carbocycles. The number of allylic oxidation sites excluding steroid dienone is 3. The number of likely N-dealkylation sites (tertiary alicyclic amines) is 2. The summed E-state index contributed by atoms with van der Waals surface area (Å²) in [5.41, 5.74) is 1.15. The van der Waals surface area contributed by atoms with Gasteiger partial charge in [-0.1, -0.05) is 0 Å². The molecule has 2 aliphatic rings. The first-order valence-electron chi connectivity index (χ1n) is 9.15. The predicted molar refractivity (Wildman–Crippen MR) is 101 cm³/mol. The highest BCUT2D eigenvalue weighted by Gasteiger charge is 2.24. The van der Waals surface area contributed by atoms with Gasteiger partial charge in [-0.05, 0) is 49.5 Å². The van der Waals surface area contributed by atoms with Gasteiger partial charge in [0.1, 0.15) is 23.5 Å². The number of nitro groups is 1. The first-order chi connectivity index (χ1) is 13.1. The van der Waals surface area contributed by atoms with Crippen molar-refractivity contribution in [1.82, 2.24) is 9.80 Å². The largest absolute Gasteiger partial charge is 0.358 e. The third kappa shape index (κ3) is 4.09. The van der Waals surface area contributed by atoms with Gasteiger partial charge in [0.25, 0.3) is 5.69 Å². The number of nitriles is 2. The fourth-order valence-electron chi connectivity index (χ4n) is 3.61. The van der Waals surface area contributed by atoms with Crippen LogP contribution in [-0.4, -0.2) is 40.9 Å². The van der Waals surface area contributed by atoms with Gasteiger partial charge in [-0.15, -0.1) is 0 Å². The minimum absolute atomic E-state index is 0.0137. The van der Waals surface area contributed by atoms with Crippen LogP contribution in [-0.2, 0) is 0 Å². The molecule has 0 saturated carbocycles. The van der Waals surface area contributed by atoms with Gasteiger partial charge in [0.2, 0.25) is 0 Å². The molecule has 0 bridgehead atoms. The van der Waals surface area contributed by atoms with E-state index in [1.165, 1.54) is 12.1 Å². The third-order valence-corrected chi connectivity index (χ3v) is 5.02. The normalized spacial score (nSPS) is 15.8. The van der Waals surface area contributed by atoms with Crippen molar-refractivity contribution in [3.63, 3.8) is 0 Å². The van der Waals surface area contributed by atoms with Gasteiger partial charge < -0.3 is 9.80 Å². The zero-order chi connectivity index (χ0) is 19.2. The highest BCUT2D eigenvalue weighted by atomic mass is 16.6. The van der Waals surface area contributed by atoms with Crippen LogP contribution in [0.1, 0.15) is 31.2 Å². The lowest BCUT2D eigenvalue weighted by Gasteiger charge is -2.30. The molecule has 27 heavy (non-hydrogen) atoms. The Labute approximate surface area is 158 Å². The van der Waals surface area contributed by atoms with Crippen LogP contribution in [0.25, 0.3) is 5.57 Å². The summed E-state index contributed by atoms with van der Waals surface area (Å²) < 4.78 is 0. The molecule has 3 rings (SSSR count). The topological polar surface area (TPSA) is 97.2 Å². The van der Waals surface area contributed by atoms with E-state index in [0.29, 0.717) is 11.1 Å². The number of hydrogen-bond donors (Lipinski definition) is 0. The van der Waals surface area contributed by atoms with Gasteiger partial charge in [0.05, 0.1) is 4.92 Å². The zero-order valence-corrected chi connectivity index (χ0v) is 15.1. The summed E-state index contributed by atoms with van der Waals surface area (Å²) in [5, 5.41) is 29.8. The van der Waals surface area contributed by atoms with Crippen molar-refractivity contribution in [2.75, 3.05) is 26.2 Å². The summed E-state index contributed by atoms with van der Waals surface area (Å²) in [6, 6.07) is 9.96. The van der Waals surface area contributed by atoms with Crippen molar-refractivity contribution in [2.24, 2.45) is 0 Å². The van der Waals surface area contributed by atoms with E-state index in [2.05, 4.69) is 9.80 Å². The molecular formula is C20H21N5O2. The molecule has 2 saturated heterocycles. The molecule has 138 valence electrons. The average Bonchev–Trinajstić information content (AvgIpc) is 3.39. The standard InChI is InChI=1S/C20H21N5O2/c21-14-17(15-22)19(16-5-7-18(8-6-16)25(26)27)13-20(23-9-1-2-10-23)24-11-3-4-12-24/h5-8,13H,1-4,9-12H2. The number of nitrogens with zero attached hydrogens (tertiary/aromatic N) is 5. The maximum absolute atomic E-state index is 10.9. The first-order valence-corrected chi connectivity index (χ1v) is 9.15. The number of rotatable bonds is 5. The van der Waals surface area contributed by atoms with Crippen LogP contribution < -0.4 is 0 Å². The van der Waals surface area contributed by atoms with Crippen LogP contribution in [0.15, 0.2) is 41.7 Å². The summed E-state index contributed by atoms with van der Waals surface area (Å²) in [4.78, 5) is 15.1. The maximum Gasteiger partial charge on any atom is 0.269 e. The van der Waals surface area contributed by atoms with E-state index in [4.69, 9.17) is 0 Å². The van der Waals surface area contributed by atoms with Crippen LogP contribution in [0.5, 0.6) is 0 Å². The molecular weight excluding hydrogens is 342 g/mol. The fraction of sp³-hybridized carbons (Fsp3) is 0.400. The lowest BCUT2D eigenvalue weighted by molar-refractivity contribution is -0.384. The summed E-state index contributed by atoms with van der Waals surface area (Å²) >= 11 is 0. The van der Waals surface area contributed by atoms with Crippen molar-refractivity contribution in [3.05, 3.63) is 57.4 Å². The van der Waals surface area contributed by atoms with Gasteiger partial charge in [0, 0.05) is 43.9 Å². The van der Waals surface area contributed by atoms with E-state index in [9.17, 15) is 20.6 Å². The van der Waals surface area contributed by atoms with Gasteiger partial charge in [-0.3, -0.25) is 10.1 Å². The van der Waals surface area contributed by atoms with Gasteiger partial charge in [-0.2, -0.15) is 10.5 Å². The first kappa shape index (κ1) is 18.5. The van der Waals surface area contributed by atoms with Crippen molar-refractivity contribution in [1.29, 1.82) is 10.5 Å². The Morgan fingerprint density at radius 1 is 0.963 bits per heavy atom. The van der Waals surface area contributed by atoms with Crippen LogP contribution in [0, 0.1) is 32.8 Å². The van der Waals surface area contributed by atoms with E-state index >= 15 is 0 Å². The molecule has 0 unspecified atom stereocenters. The molecule has 0 aromatic heterocycles. The van der Waals surface area contributed by atoms with Gasteiger partial charge in [0.15, 0.2) is 0 Å². The smallest absolute Gasteiger partial charge is 0.269 e. The molecule has 0 spiro atoms. The molecule has 7 heteroatoms. The molecule has 0 radical (unpaired) electrons. The minimum Gasteiger partial charge on any atom is -0.358 e. The number of nitro benzene ring substituents is 1. The molecule has 2 fully saturated rings. The monoisotopic (exact) mass is 363 g/mol. The summed E-state index contributed by atoms with van der Waals surface area (Å²) in [6.45, 7) is 3.85. The second kappa shape index (κ2) is 8.37. The minimum atomic E-state index is -0.460. The Balaban J connectivity index is 2.07. The molecule has 2 aliphatic heterocycles. The predicted octanol–water partition coefficient (Wildman–Crippen LogP) is 3.43. The van der Waals surface area contributed by atoms with Crippen LogP contribution >= 0.6 is 0 Å². The van der Waals surface area contributed by atoms with E-state index in [1.807, 2.05) is 18.2 Å². The van der Waals surface area contributed by atoms with Gasteiger partial charge in [-0.25, -0.2) is 0 Å². The lowest BCUT2D eigenvalue weighted by Crippen LogP contribution is -2.32. The Hall–Kier alpha value is -3.32. The van der Waals surface area contributed by atoms with Crippen molar-refractivity contribution < 1.29 is 4.92 Å². The molecule has 0 N–H and O–H groups in total. The Kier molecular flexibility index (Phi) is 5.73. The second-order valence-corrected chi connectivity index (χ2v) is 6.71. The third-order valence-electron chi connectivity index (χ3n) is 5.02. The summed E-state index contributed by atoms with van der Waals surface area (Å²) in [6.07, 6.45) is 6.44. The van der Waals surface area contributed by atoms with E-state index in [1.54, 1.807) is 12.1 Å². The van der Waals surface area contributed by atoms with Crippen LogP contribution in [0.2, 0.25) is 0 Å². The zero-order valence-electron chi connectivity index (χ0n) is 15.1. The highest BCUT2D eigenvalue weighted by Crippen LogP contribution is 2.29. The van der Waals surface area contributed by atoms with Crippen molar-refractivity contribution in [3.8, 4) is 12.1 Å². The average molecular weight is 363 g/mol. The molecule has 0 atom stereocenters. The van der Waals surface area contributed by atoms with Crippen molar-refractivity contribution >= 4 is 11.3 Å². The SMILES string of the molecule is N#CC(C#N)=C(C=C(N1CCCC1)N1CCCC1)c1ccc([N+](=O)[O-])cc1. The van der Waals surface area contributed by atoms with E-state index in [-0.39, 0.29) is 11.3 Å². The van der Waals surface area contributed by atoms with E-state index < -0.39 is 4.92 Å². The molecule has 7 nitrogen and oxygen atoms in total. The van der Waals surface area contributed by atoms with Crippen LogP contribution in [0.3, 0.4) is 0 Å². The highest BCUT2D eigenvalue weighted by molar-refractivity contribution is 5.82. The molecule has 2 heterocycles. The fourth-order valence-corrected chi connectivity index (χ4v) is 3.61. The number of non-ortho nitro benzene ring substituents is 1. The Bertz CT molecular complexity index is 812. The summed E-state index contributed by atoms with van der Waals surface area (Å²) in [5.74, 6) is 1.04. The number of benzene rings is 1. The van der Waals surface area contributed by atoms with Crippen molar-refractivity contribution in [2.45, 2.75) is 25.7 Å². The molecule has 0 aliphatic carbocycles. The quantitative estimate of drug-likeness (QED) is 0.344.